The predicted molar refractivity (Wildman–Crippen MR) is 282 cm³/mol. The van der Waals surface area contributed by atoms with E-state index in [1.54, 1.807) is 0 Å². The maximum absolute atomic E-state index is 14.6. The summed E-state index contributed by atoms with van der Waals surface area (Å²) in [4.78, 5) is 166. The Morgan fingerprint density at radius 2 is 1.00 bits per heavy atom. The molecule has 33 heteroatoms. The van der Waals surface area contributed by atoms with Crippen molar-refractivity contribution in [1.82, 2.24) is 47.4 Å². The first-order valence-corrected chi connectivity index (χ1v) is 25.3. The molecule has 11 amide bonds. The SMILES string of the molecule is CC(=O)N[C@@H](C)C(=O)N[C@@H](CO)C(=O)N[C@@H](CCC(N)=O)C(=O)N[C@@H](Cc1ccc(O)cc1)C(=O)N[C@@H](CCCN=C(N)N)C(=O)N1CCC[C@H]1C(=O)N[C@@H](CO)C(=O)N[C@@H](CCC(N)=O)C(=O)N[C@@H](CCCN=C(N)N)C(=O)O. The van der Waals surface area contributed by atoms with Gasteiger partial charge in [0.15, 0.2) is 11.9 Å². The number of nitrogens with one attached hydrogen (secondary N) is 8. The molecule has 0 aliphatic carbocycles. The minimum atomic E-state index is -1.79. The normalized spacial score (nSPS) is 15.7. The van der Waals surface area contributed by atoms with Crippen LogP contribution in [0.3, 0.4) is 0 Å². The largest absolute Gasteiger partial charge is 0.508 e. The number of primary amides is 2. The smallest absolute Gasteiger partial charge is 0.326 e. The maximum Gasteiger partial charge on any atom is 0.326 e. The van der Waals surface area contributed by atoms with Crippen LogP contribution in [-0.4, -0.2) is 195 Å². The van der Waals surface area contributed by atoms with E-state index in [2.05, 4.69) is 52.5 Å². The summed E-state index contributed by atoms with van der Waals surface area (Å²) >= 11 is 0. The number of likely N-dealkylation sites (tertiary alicyclic amines) is 1. The summed E-state index contributed by atoms with van der Waals surface area (Å²) in [6, 6.07) is -8.42. The van der Waals surface area contributed by atoms with Gasteiger partial charge in [0.25, 0.3) is 0 Å². The van der Waals surface area contributed by atoms with Crippen molar-refractivity contribution in [3.63, 3.8) is 0 Å². The second-order valence-corrected chi connectivity index (χ2v) is 18.5. The molecule has 0 bridgehead atoms. The van der Waals surface area contributed by atoms with Gasteiger partial charge < -0.3 is 102 Å². The molecular formula is C47H75N17O16. The van der Waals surface area contributed by atoms with Crippen molar-refractivity contribution in [1.29, 1.82) is 0 Å². The second-order valence-electron chi connectivity index (χ2n) is 18.5. The standard InChI is InChI=1S/C47H75N17O16/c1-23(56-24(2)67)37(71)62-32(21-65)41(75)58-28(14-16-36(49)70)39(73)61-31(20-25-9-11-26(68)12-10-25)40(74)59-29(6-3-17-54-46(50)51)44(78)64-19-5-8-34(64)43(77)63-33(22-66)42(76)57-27(13-15-35(48)69)38(72)60-30(45(79)80)7-4-18-55-47(52)53/h9-12,23,27-34,65-66,68H,3-8,13-22H2,1-2H3,(H2,48,69)(H2,49,70)(H,56,67)(H,57,76)(H,58,75)(H,59,74)(H,60,72)(H,61,73)(H,62,71)(H,63,77)(H,79,80)(H4,50,51,54)(H4,52,53,55)/t23-,27-,28-,29-,30-,31-,32-,33-,34-/m0/s1. The van der Waals surface area contributed by atoms with E-state index >= 15 is 0 Å². The molecule has 33 nitrogen and oxygen atoms in total. The van der Waals surface area contributed by atoms with Crippen molar-refractivity contribution in [2.24, 2.45) is 44.4 Å². The van der Waals surface area contributed by atoms with Gasteiger partial charge in [-0.1, -0.05) is 12.1 Å². The number of phenols is 1. The van der Waals surface area contributed by atoms with E-state index in [-0.39, 0.29) is 82.2 Å². The Bertz CT molecular complexity index is 2420. The van der Waals surface area contributed by atoms with Crippen molar-refractivity contribution in [3.8, 4) is 5.75 Å². The summed E-state index contributed by atoms with van der Waals surface area (Å²) in [7, 11) is 0. The summed E-state index contributed by atoms with van der Waals surface area (Å²) in [5, 5.41) is 58.9. The van der Waals surface area contributed by atoms with E-state index in [4.69, 9.17) is 34.4 Å². The van der Waals surface area contributed by atoms with E-state index < -0.39 is 164 Å². The number of guanidine groups is 2. The Morgan fingerprint density at radius 1 is 0.575 bits per heavy atom. The van der Waals surface area contributed by atoms with Gasteiger partial charge >= 0.3 is 5.97 Å². The van der Waals surface area contributed by atoms with Crippen molar-refractivity contribution in [2.45, 2.75) is 139 Å². The van der Waals surface area contributed by atoms with Gasteiger partial charge in [-0.05, 0) is 76.0 Å². The first-order chi connectivity index (χ1) is 37.7. The van der Waals surface area contributed by atoms with Crippen LogP contribution in [0.1, 0.15) is 83.6 Å². The van der Waals surface area contributed by atoms with Crippen molar-refractivity contribution in [2.75, 3.05) is 32.8 Å². The number of carboxylic acids is 1. The van der Waals surface area contributed by atoms with Crippen LogP contribution >= 0.6 is 0 Å². The number of nitrogens with zero attached hydrogens (tertiary/aromatic N) is 3. The van der Waals surface area contributed by atoms with Gasteiger partial charge in [-0.25, -0.2) is 4.79 Å². The molecule has 0 aromatic heterocycles. The Morgan fingerprint density at radius 3 is 1.46 bits per heavy atom. The summed E-state index contributed by atoms with van der Waals surface area (Å²) in [5.41, 5.74) is 32.6. The number of phenolic OH excluding ortho intramolecular Hbond substituents is 1. The van der Waals surface area contributed by atoms with Crippen molar-refractivity contribution < 1.29 is 78.0 Å². The lowest BCUT2D eigenvalue weighted by Gasteiger charge is -2.31. The van der Waals surface area contributed by atoms with Crippen LogP contribution in [-0.2, 0) is 64.0 Å². The molecule has 0 unspecified atom stereocenters. The fraction of sp³-hybridized carbons (Fsp3) is 0.574. The molecule has 1 fully saturated rings. The molecular weight excluding hydrogens is 1060 g/mol. The third-order valence-corrected chi connectivity index (χ3v) is 12.0. The van der Waals surface area contributed by atoms with E-state index in [1.807, 2.05) is 0 Å². The van der Waals surface area contributed by atoms with E-state index in [0.717, 1.165) is 11.8 Å². The molecule has 444 valence electrons. The highest BCUT2D eigenvalue weighted by atomic mass is 16.4. The molecule has 0 spiro atoms. The minimum absolute atomic E-state index is 0.00249. The summed E-state index contributed by atoms with van der Waals surface area (Å²) in [6.07, 6.45) is -2.13. The lowest BCUT2D eigenvalue weighted by Crippen LogP contribution is -2.61. The summed E-state index contributed by atoms with van der Waals surface area (Å²) in [5.74, 6) is -12.6. The number of amides is 11. The van der Waals surface area contributed by atoms with E-state index in [0.29, 0.717) is 5.56 Å². The van der Waals surface area contributed by atoms with Gasteiger partial charge in [-0.15, -0.1) is 0 Å². The van der Waals surface area contributed by atoms with Crippen LogP contribution in [0, 0.1) is 0 Å². The van der Waals surface area contributed by atoms with E-state index in [9.17, 15) is 78.0 Å². The molecule has 1 heterocycles. The van der Waals surface area contributed by atoms with Gasteiger partial charge in [-0.3, -0.25) is 62.7 Å². The summed E-state index contributed by atoms with van der Waals surface area (Å²) in [6.45, 7) is 0.300. The second kappa shape index (κ2) is 34.1. The monoisotopic (exact) mass is 1130 g/mol. The number of aliphatic imine (C=N–C) groups is 2. The molecule has 80 heavy (non-hydrogen) atoms. The number of aromatic hydroxyl groups is 1. The molecule has 24 N–H and O–H groups in total. The van der Waals surface area contributed by atoms with Crippen molar-refractivity contribution in [3.05, 3.63) is 29.8 Å². The zero-order valence-corrected chi connectivity index (χ0v) is 44.3. The number of nitrogens with two attached hydrogens (primary N) is 6. The zero-order valence-electron chi connectivity index (χ0n) is 44.3. The molecule has 0 radical (unpaired) electrons. The van der Waals surface area contributed by atoms with Gasteiger partial charge in [0.2, 0.25) is 65.0 Å². The highest BCUT2D eigenvalue weighted by Crippen LogP contribution is 2.21. The molecule has 1 saturated heterocycles. The predicted octanol–water partition coefficient (Wildman–Crippen LogP) is -8.45. The van der Waals surface area contributed by atoms with Crippen molar-refractivity contribution >= 4 is 82.9 Å². The fourth-order valence-corrected chi connectivity index (χ4v) is 7.90. The Balaban J connectivity index is 2.47. The van der Waals surface area contributed by atoms with Crippen LogP contribution in [0.15, 0.2) is 34.3 Å². The summed E-state index contributed by atoms with van der Waals surface area (Å²) < 4.78 is 0. The number of rotatable bonds is 35. The van der Waals surface area contributed by atoms with Gasteiger partial charge in [0.1, 0.15) is 60.1 Å². The number of benzene rings is 1. The van der Waals surface area contributed by atoms with Gasteiger partial charge in [0, 0.05) is 45.8 Å². The zero-order chi connectivity index (χ0) is 60.2. The molecule has 2 rings (SSSR count). The number of aliphatic carboxylic acids is 1. The third kappa shape index (κ3) is 24.2. The first-order valence-electron chi connectivity index (χ1n) is 25.3. The molecule has 1 aromatic rings. The number of hydrogen-bond donors (Lipinski definition) is 18. The van der Waals surface area contributed by atoms with Gasteiger partial charge in [-0.2, -0.15) is 0 Å². The lowest BCUT2D eigenvalue weighted by molar-refractivity contribution is -0.143. The number of hydrogen-bond acceptors (Lipinski definition) is 17. The minimum Gasteiger partial charge on any atom is -0.508 e. The quantitative estimate of drug-likeness (QED) is 0.0170. The Kier molecular flexibility index (Phi) is 28.7. The van der Waals surface area contributed by atoms with Crippen LogP contribution in [0.4, 0.5) is 0 Å². The van der Waals surface area contributed by atoms with Crippen LogP contribution < -0.4 is 76.9 Å². The van der Waals surface area contributed by atoms with Gasteiger partial charge in [0.05, 0.1) is 13.2 Å². The first kappa shape index (κ1) is 67.2. The molecule has 1 aromatic carbocycles. The highest BCUT2D eigenvalue weighted by molar-refractivity contribution is 5.99. The Labute approximate surface area is 458 Å². The average Bonchev–Trinajstić information content (AvgIpc) is 3.88. The molecule has 1 aliphatic rings. The maximum atomic E-state index is 14.6. The van der Waals surface area contributed by atoms with Crippen LogP contribution in [0.25, 0.3) is 0 Å². The molecule has 1 aliphatic heterocycles. The number of aliphatic hydroxyl groups excluding tert-OH is 2. The average molecular weight is 1130 g/mol. The molecule has 0 saturated carbocycles. The number of carbonyl (C=O) groups is 12. The number of carbonyl (C=O) groups excluding carboxylic acids is 11. The topological polar surface area (TPSA) is 566 Å². The fourth-order valence-electron chi connectivity index (χ4n) is 7.90. The van der Waals surface area contributed by atoms with Crippen LogP contribution in [0.2, 0.25) is 0 Å². The van der Waals surface area contributed by atoms with E-state index in [1.165, 1.54) is 31.2 Å². The number of carboxylic acid groups (broad SMARTS) is 1. The molecule has 9 atom stereocenters. The Hall–Kier alpha value is -8.88. The lowest BCUT2D eigenvalue weighted by atomic mass is 10.0. The van der Waals surface area contributed by atoms with Crippen LogP contribution in [0.5, 0.6) is 5.75 Å². The highest BCUT2D eigenvalue weighted by Gasteiger charge is 2.40. The number of aliphatic hydroxyl groups is 2. The third-order valence-electron chi connectivity index (χ3n) is 12.0.